The number of carbonyl (C=O) groups excluding carboxylic acids is 1. The van der Waals surface area contributed by atoms with Gasteiger partial charge in [0, 0.05) is 23.8 Å². The van der Waals surface area contributed by atoms with Crippen molar-refractivity contribution in [2.45, 2.75) is 33.1 Å². The predicted octanol–water partition coefficient (Wildman–Crippen LogP) is 5.16. The molecule has 3 rings (SSSR count). The summed E-state index contributed by atoms with van der Waals surface area (Å²) in [7, 11) is 0. The Labute approximate surface area is 159 Å². The molecule has 0 spiro atoms. The molecule has 1 amide bonds. The van der Waals surface area contributed by atoms with Crippen LogP contribution in [-0.4, -0.2) is 15.9 Å². The SMILES string of the molecule is CCc1ccc(Nc2ncc(C(=O)Nc3ccccc3C(C)C)cn2)cc1. The summed E-state index contributed by atoms with van der Waals surface area (Å²) in [5.74, 6) is 0.559. The summed E-state index contributed by atoms with van der Waals surface area (Å²) in [5.41, 5.74) is 4.52. The number of nitrogens with zero attached hydrogens (tertiary/aromatic N) is 2. The van der Waals surface area contributed by atoms with E-state index in [1.807, 2.05) is 36.4 Å². The lowest BCUT2D eigenvalue weighted by atomic mass is 10.0. The van der Waals surface area contributed by atoms with Crippen molar-refractivity contribution in [3.05, 3.63) is 77.6 Å². The number of aryl methyl sites for hydroxylation is 1. The van der Waals surface area contributed by atoms with Crippen molar-refractivity contribution < 1.29 is 4.79 Å². The first-order valence-corrected chi connectivity index (χ1v) is 9.15. The maximum atomic E-state index is 12.5. The van der Waals surface area contributed by atoms with Gasteiger partial charge in [0.25, 0.3) is 5.91 Å². The zero-order valence-electron chi connectivity index (χ0n) is 15.9. The highest BCUT2D eigenvalue weighted by molar-refractivity contribution is 6.04. The van der Waals surface area contributed by atoms with E-state index >= 15 is 0 Å². The van der Waals surface area contributed by atoms with Crippen LogP contribution in [0.4, 0.5) is 17.3 Å². The van der Waals surface area contributed by atoms with Crippen LogP contribution in [-0.2, 0) is 6.42 Å². The van der Waals surface area contributed by atoms with E-state index in [1.54, 1.807) is 0 Å². The Kier molecular flexibility index (Phi) is 5.81. The van der Waals surface area contributed by atoms with Crippen LogP contribution in [0.25, 0.3) is 0 Å². The number of rotatable bonds is 6. The van der Waals surface area contributed by atoms with Gasteiger partial charge in [0.1, 0.15) is 0 Å². The minimum atomic E-state index is -0.220. The molecule has 0 bridgehead atoms. The largest absolute Gasteiger partial charge is 0.324 e. The molecule has 1 heterocycles. The molecule has 5 heteroatoms. The maximum absolute atomic E-state index is 12.5. The Morgan fingerprint density at radius 3 is 2.30 bits per heavy atom. The maximum Gasteiger partial charge on any atom is 0.258 e. The molecule has 138 valence electrons. The summed E-state index contributed by atoms with van der Waals surface area (Å²) in [6.07, 6.45) is 4.06. The fraction of sp³-hybridized carbons (Fsp3) is 0.227. The second kappa shape index (κ2) is 8.45. The quantitative estimate of drug-likeness (QED) is 0.637. The molecule has 2 aromatic carbocycles. The fourth-order valence-electron chi connectivity index (χ4n) is 2.77. The van der Waals surface area contributed by atoms with Crippen LogP contribution in [0.2, 0.25) is 0 Å². The van der Waals surface area contributed by atoms with Gasteiger partial charge in [0.05, 0.1) is 5.56 Å². The summed E-state index contributed by atoms with van der Waals surface area (Å²) in [6, 6.07) is 15.9. The first-order chi connectivity index (χ1) is 13.1. The zero-order valence-corrected chi connectivity index (χ0v) is 15.9. The average molecular weight is 360 g/mol. The number of hydrogen-bond acceptors (Lipinski definition) is 4. The van der Waals surface area contributed by atoms with Gasteiger partial charge in [-0.05, 0) is 41.7 Å². The van der Waals surface area contributed by atoms with Crippen LogP contribution in [0.15, 0.2) is 60.9 Å². The molecule has 1 aromatic heterocycles. The van der Waals surface area contributed by atoms with Crippen LogP contribution in [0.1, 0.15) is 48.2 Å². The number of carbonyl (C=O) groups is 1. The third kappa shape index (κ3) is 4.70. The van der Waals surface area contributed by atoms with Gasteiger partial charge in [0.15, 0.2) is 0 Å². The third-order valence-electron chi connectivity index (χ3n) is 4.36. The van der Waals surface area contributed by atoms with Crippen molar-refractivity contribution in [3.8, 4) is 0 Å². The smallest absolute Gasteiger partial charge is 0.258 e. The highest BCUT2D eigenvalue weighted by atomic mass is 16.1. The molecule has 5 nitrogen and oxygen atoms in total. The van der Waals surface area contributed by atoms with Gasteiger partial charge in [-0.15, -0.1) is 0 Å². The van der Waals surface area contributed by atoms with Gasteiger partial charge in [-0.1, -0.05) is 51.1 Å². The Bertz CT molecular complexity index is 902. The number of amides is 1. The summed E-state index contributed by atoms with van der Waals surface area (Å²) in [4.78, 5) is 21.0. The van der Waals surface area contributed by atoms with E-state index < -0.39 is 0 Å². The number of aromatic nitrogens is 2. The Balaban J connectivity index is 1.68. The minimum Gasteiger partial charge on any atom is -0.324 e. The summed E-state index contributed by atoms with van der Waals surface area (Å²) < 4.78 is 0. The number of benzene rings is 2. The van der Waals surface area contributed by atoms with Crippen LogP contribution in [0.3, 0.4) is 0 Å². The van der Waals surface area contributed by atoms with Gasteiger partial charge >= 0.3 is 0 Å². The predicted molar refractivity (Wildman–Crippen MR) is 110 cm³/mol. The van der Waals surface area contributed by atoms with Crippen LogP contribution in [0.5, 0.6) is 0 Å². The number of para-hydroxylation sites is 1. The van der Waals surface area contributed by atoms with Crippen molar-refractivity contribution in [2.24, 2.45) is 0 Å². The summed E-state index contributed by atoms with van der Waals surface area (Å²) in [5, 5.41) is 6.09. The van der Waals surface area contributed by atoms with E-state index in [0.29, 0.717) is 17.4 Å². The van der Waals surface area contributed by atoms with Gasteiger partial charge in [0.2, 0.25) is 5.95 Å². The van der Waals surface area contributed by atoms with Gasteiger partial charge in [-0.25, -0.2) is 9.97 Å². The molecule has 0 aliphatic heterocycles. The van der Waals surface area contributed by atoms with Crippen molar-refractivity contribution in [1.29, 1.82) is 0 Å². The van der Waals surface area contributed by atoms with E-state index in [-0.39, 0.29) is 5.91 Å². The van der Waals surface area contributed by atoms with Crippen molar-refractivity contribution in [3.63, 3.8) is 0 Å². The summed E-state index contributed by atoms with van der Waals surface area (Å²) in [6.45, 7) is 6.32. The van der Waals surface area contributed by atoms with Crippen molar-refractivity contribution in [2.75, 3.05) is 10.6 Å². The lowest BCUT2D eigenvalue weighted by Crippen LogP contribution is -2.14. The Morgan fingerprint density at radius 2 is 1.67 bits per heavy atom. The zero-order chi connectivity index (χ0) is 19.2. The molecule has 0 fully saturated rings. The molecule has 27 heavy (non-hydrogen) atoms. The van der Waals surface area contributed by atoms with Crippen LogP contribution in [0, 0.1) is 0 Å². The molecule has 2 N–H and O–H groups in total. The molecule has 0 saturated heterocycles. The highest BCUT2D eigenvalue weighted by Gasteiger charge is 2.12. The van der Waals surface area contributed by atoms with Gasteiger partial charge < -0.3 is 10.6 Å². The van der Waals surface area contributed by atoms with E-state index in [4.69, 9.17) is 0 Å². The molecule has 0 aliphatic carbocycles. The molecule has 0 unspecified atom stereocenters. The minimum absolute atomic E-state index is 0.220. The normalized spacial score (nSPS) is 10.7. The molecular weight excluding hydrogens is 336 g/mol. The van der Waals surface area contributed by atoms with Crippen molar-refractivity contribution >= 4 is 23.2 Å². The number of hydrogen-bond donors (Lipinski definition) is 2. The van der Waals surface area contributed by atoms with Crippen molar-refractivity contribution in [1.82, 2.24) is 9.97 Å². The first-order valence-electron chi connectivity index (χ1n) is 9.15. The first kappa shape index (κ1) is 18.6. The van der Waals surface area contributed by atoms with E-state index in [2.05, 4.69) is 53.5 Å². The van der Waals surface area contributed by atoms with Crippen LogP contribution < -0.4 is 10.6 Å². The molecule has 0 aliphatic rings. The van der Waals surface area contributed by atoms with Crippen LogP contribution >= 0.6 is 0 Å². The Hall–Kier alpha value is -3.21. The second-order valence-corrected chi connectivity index (χ2v) is 6.67. The standard InChI is InChI=1S/C22H24N4O/c1-4-16-9-11-18(12-10-16)25-22-23-13-17(14-24-22)21(27)26-20-8-6-5-7-19(20)15(2)3/h5-15H,4H2,1-3H3,(H,26,27)(H,23,24,25). The lowest BCUT2D eigenvalue weighted by molar-refractivity contribution is 0.102. The number of nitrogens with one attached hydrogen (secondary N) is 2. The molecule has 0 atom stereocenters. The van der Waals surface area contributed by atoms with Gasteiger partial charge in [-0.3, -0.25) is 4.79 Å². The monoisotopic (exact) mass is 360 g/mol. The molecular formula is C22H24N4O. The van der Waals surface area contributed by atoms with E-state index in [9.17, 15) is 4.79 Å². The highest BCUT2D eigenvalue weighted by Crippen LogP contribution is 2.24. The summed E-state index contributed by atoms with van der Waals surface area (Å²) >= 11 is 0. The topological polar surface area (TPSA) is 66.9 Å². The Morgan fingerprint density at radius 1 is 1.00 bits per heavy atom. The van der Waals surface area contributed by atoms with Gasteiger partial charge in [-0.2, -0.15) is 0 Å². The average Bonchev–Trinajstić information content (AvgIpc) is 2.69. The second-order valence-electron chi connectivity index (χ2n) is 6.67. The molecule has 3 aromatic rings. The van der Waals surface area contributed by atoms with E-state index in [1.165, 1.54) is 18.0 Å². The molecule has 0 radical (unpaired) electrons. The lowest BCUT2D eigenvalue weighted by Gasteiger charge is -2.13. The van der Waals surface area contributed by atoms with E-state index in [0.717, 1.165) is 23.4 Å². The number of anilines is 3. The third-order valence-corrected chi connectivity index (χ3v) is 4.36. The molecule has 0 saturated carbocycles. The fourth-order valence-corrected chi connectivity index (χ4v) is 2.77.